The molecule has 0 radical (unpaired) electrons. The molecule has 0 aliphatic rings. The van der Waals surface area contributed by atoms with Crippen molar-refractivity contribution >= 4 is 7.29 Å². The molecule has 0 amide bonds. The Morgan fingerprint density at radius 2 is 1.75 bits per heavy atom. The fraction of sp³-hybridized carbons (Fsp3) is 0.500. The van der Waals surface area contributed by atoms with Gasteiger partial charge in [0, 0.05) is 19.4 Å². The van der Waals surface area contributed by atoms with Crippen LogP contribution in [0.5, 0.6) is 0 Å². The first kappa shape index (κ1) is 13.4. The first-order valence-electron chi connectivity index (χ1n) is 5.35. The SMILES string of the molecule is C[C@@H]([C@H](O)c1ccccc1)N(C)P(C)(C)=O. The molecule has 16 heavy (non-hydrogen) atoms. The topological polar surface area (TPSA) is 40.5 Å². The van der Waals surface area contributed by atoms with Gasteiger partial charge in [-0.3, -0.25) is 4.67 Å². The van der Waals surface area contributed by atoms with E-state index in [2.05, 4.69) is 0 Å². The largest absolute Gasteiger partial charge is 0.387 e. The van der Waals surface area contributed by atoms with Gasteiger partial charge in [-0.2, -0.15) is 0 Å². The van der Waals surface area contributed by atoms with Crippen LogP contribution in [0.15, 0.2) is 30.3 Å². The zero-order valence-electron chi connectivity index (χ0n) is 10.3. The van der Waals surface area contributed by atoms with E-state index in [1.807, 2.05) is 37.3 Å². The van der Waals surface area contributed by atoms with Crippen LogP contribution in [0.2, 0.25) is 0 Å². The van der Waals surface area contributed by atoms with E-state index in [-0.39, 0.29) is 6.04 Å². The van der Waals surface area contributed by atoms with Crippen LogP contribution in [-0.4, -0.2) is 36.2 Å². The third-order valence-electron chi connectivity index (χ3n) is 2.95. The molecule has 0 spiro atoms. The van der Waals surface area contributed by atoms with E-state index in [4.69, 9.17) is 0 Å². The molecule has 90 valence electrons. The average Bonchev–Trinajstić information content (AvgIpc) is 2.26. The summed E-state index contributed by atoms with van der Waals surface area (Å²) < 4.78 is 13.7. The minimum Gasteiger partial charge on any atom is -0.387 e. The number of aliphatic hydroxyl groups excluding tert-OH is 1. The van der Waals surface area contributed by atoms with E-state index in [9.17, 15) is 9.67 Å². The van der Waals surface area contributed by atoms with Crippen molar-refractivity contribution in [2.24, 2.45) is 0 Å². The number of likely N-dealkylation sites (N-methyl/N-ethyl adjacent to an activating group) is 1. The molecule has 1 aromatic rings. The van der Waals surface area contributed by atoms with E-state index in [1.165, 1.54) is 0 Å². The van der Waals surface area contributed by atoms with E-state index >= 15 is 0 Å². The van der Waals surface area contributed by atoms with Gasteiger partial charge in [0.2, 0.25) is 0 Å². The highest BCUT2D eigenvalue weighted by Gasteiger charge is 2.26. The van der Waals surface area contributed by atoms with Crippen LogP contribution in [0.25, 0.3) is 0 Å². The van der Waals surface area contributed by atoms with Crippen molar-refractivity contribution in [1.29, 1.82) is 0 Å². The molecule has 0 saturated carbocycles. The maximum atomic E-state index is 11.9. The first-order chi connectivity index (χ1) is 7.34. The summed E-state index contributed by atoms with van der Waals surface area (Å²) >= 11 is 0. The van der Waals surface area contributed by atoms with Gasteiger partial charge < -0.3 is 9.67 Å². The summed E-state index contributed by atoms with van der Waals surface area (Å²) in [6.45, 7) is 5.31. The van der Waals surface area contributed by atoms with Gasteiger partial charge in [0.1, 0.15) is 7.29 Å². The minimum absolute atomic E-state index is 0.164. The van der Waals surface area contributed by atoms with Crippen LogP contribution in [0.1, 0.15) is 18.6 Å². The van der Waals surface area contributed by atoms with E-state index in [0.717, 1.165) is 5.56 Å². The molecule has 0 aliphatic carbocycles. The smallest absolute Gasteiger partial charge is 0.144 e. The molecule has 1 rings (SSSR count). The second-order valence-corrected chi connectivity index (χ2v) is 7.68. The molecule has 2 atom stereocenters. The summed E-state index contributed by atoms with van der Waals surface area (Å²) in [6.07, 6.45) is -0.612. The summed E-state index contributed by atoms with van der Waals surface area (Å²) in [4.78, 5) is 0. The molecule has 0 unspecified atom stereocenters. The van der Waals surface area contributed by atoms with Crippen molar-refractivity contribution < 1.29 is 9.67 Å². The Labute approximate surface area is 97.5 Å². The normalized spacial score (nSPS) is 16.1. The molecular formula is C12H20NO2P. The Kier molecular flexibility index (Phi) is 4.31. The molecule has 0 aliphatic heterocycles. The monoisotopic (exact) mass is 241 g/mol. The van der Waals surface area contributed by atoms with Gasteiger partial charge in [-0.25, -0.2) is 0 Å². The second kappa shape index (κ2) is 5.13. The van der Waals surface area contributed by atoms with E-state index in [0.29, 0.717) is 0 Å². The number of hydrogen-bond donors (Lipinski definition) is 1. The quantitative estimate of drug-likeness (QED) is 0.824. The first-order valence-corrected chi connectivity index (χ1v) is 7.90. The fourth-order valence-corrected chi connectivity index (χ4v) is 2.58. The van der Waals surface area contributed by atoms with Crippen LogP contribution < -0.4 is 0 Å². The van der Waals surface area contributed by atoms with Crippen LogP contribution in [0.4, 0.5) is 0 Å². The molecule has 3 nitrogen and oxygen atoms in total. The summed E-state index contributed by atoms with van der Waals surface area (Å²) in [5, 5.41) is 10.2. The standard InChI is InChI=1S/C12H20NO2P/c1-10(13(2)16(3,4)15)12(14)11-8-6-5-7-9-11/h5-10,12,14H,1-4H3/t10-,12-/m0/s1. The van der Waals surface area contributed by atoms with Crippen LogP contribution in [0, 0.1) is 0 Å². The second-order valence-electron chi connectivity index (χ2n) is 4.46. The predicted octanol–water partition coefficient (Wildman–Crippen LogP) is 2.58. The van der Waals surface area contributed by atoms with Gasteiger partial charge >= 0.3 is 0 Å². The number of aliphatic hydroxyl groups is 1. The Balaban J connectivity index is 2.83. The summed E-state index contributed by atoms with van der Waals surface area (Å²) in [5.74, 6) is 0. The maximum absolute atomic E-state index is 11.9. The Hall–Kier alpha value is -0.630. The fourth-order valence-electron chi connectivity index (χ4n) is 1.57. The van der Waals surface area contributed by atoms with E-state index < -0.39 is 13.4 Å². The Morgan fingerprint density at radius 1 is 1.25 bits per heavy atom. The van der Waals surface area contributed by atoms with Gasteiger partial charge in [0.15, 0.2) is 0 Å². The predicted molar refractivity (Wildman–Crippen MR) is 68.1 cm³/mol. The molecule has 1 aromatic carbocycles. The number of nitrogens with zero attached hydrogens (tertiary/aromatic N) is 1. The Morgan fingerprint density at radius 3 is 2.19 bits per heavy atom. The maximum Gasteiger partial charge on any atom is 0.144 e. The molecule has 0 bridgehead atoms. The van der Waals surface area contributed by atoms with Crippen molar-refractivity contribution in [1.82, 2.24) is 4.67 Å². The lowest BCUT2D eigenvalue weighted by atomic mass is 10.0. The van der Waals surface area contributed by atoms with Gasteiger partial charge in [0.25, 0.3) is 0 Å². The lowest BCUT2D eigenvalue weighted by molar-refractivity contribution is 0.107. The molecule has 0 fully saturated rings. The molecule has 1 N–H and O–H groups in total. The Bertz CT molecular complexity index is 374. The third kappa shape index (κ3) is 3.18. The van der Waals surface area contributed by atoms with Crippen LogP contribution >= 0.6 is 7.29 Å². The number of hydrogen-bond acceptors (Lipinski definition) is 2. The third-order valence-corrected chi connectivity index (χ3v) is 4.83. The highest BCUT2D eigenvalue weighted by atomic mass is 31.2. The van der Waals surface area contributed by atoms with Crippen molar-refractivity contribution in [2.45, 2.75) is 19.1 Å². The van der Waals surface area contributed by atoms with Crippen molar-refractivity contribution in [3.63, 3.8) is 0 Å². The summed E-state index contributed by atoms with van der Waals surface area (Å²) in [7, 11) is -0.525. The molecule has 0 heterocycles. The van der Waals surface area contributed by atoms with Crippen molar-refractivity contribution in [3.05, 3.63) is 35.9 Å². The highest BCUT2D eigenvalue weighted by molar-refractivity contribution is 7.59. The molecule has 0 saturated heterocycles. The van der Waals surface area contributed by atoms with Crippen LogP contribution in [0.3, 0.4) is 0 Å². The van der Waals surface area contributed by atoms with Gasteiger partial charge in [-0.1, -0.05) is 30.3 Å². The van der Waals surface area contributed by atoms with Crippen molar-refractivity contribution in [3.8, 4) is 0 Å². The van der Waals surface area contributed by atoms with Gasteiger partial charge in [0.05, 0.1) is 6.10 Å². The zero-order chi connectivity index (χ0) is 12.3. The van der Waals surface area contributed by atoms with E-state index in [1.54, 1.807) is 25.0 Å². The lowest BCUT2D eigenvalue weighted by Crippen LogP contribution is -2.31. The zero-order valence-corrected chi connectivity index (χ0v) is 11.2. The lowest BCUT2D eigenvalue weighted by Gasteiger charge is -2.31. The summed E-state index contributed by atoms with van der Waals surface area (Å²) in [5.41, 5.74) is 0.857. The van der Waals surface area contributed by atoms with Crippen molar-refractivity contribution in [2.75, 3.05) is 20.4 Å². The van der Waals surface area contributed by atoms with Gasteiger partial charge in [-0.05, 0) is 19.5 Å². The summed E-state index contributed by atoms with van der Waals surface area (Å²) in [6, 6.07) is 9.29. The van der Waals surface area contributed by atoms with Crippen LogP contribution in [-0.2, 0) is 4.57 Å². The average molecular weight is 241 g/mol. The molecular weight excluding hydrogens is 221 g/mol. The molecule has 4 heteroatoms. The highest BCUT2D eigenvalue weighted by Crippen LogP contribution is 2.43. The number of rotatable bonds is 4. The number of benzene rings is 1. The molecule has 0 aromatic heterocycles. The van der Waals surface area contributed by atoms with Gasteiger partial charge in [-0.15, -0.1) is 0 Å². The minimum atomic E-state index is -2.31.